The molecule has 2 aromatic heterocycles. The van der Waals surface area contributed by atoms with Gasteiger partial charge in [-0.15, -0.1) is 21.6 Å². The number of thiazole rings is 1. The maximum atomic E-state index is 4.29. The lowest BCUT2D eigenvalue weighted by molar-refractivity contribution is -0.683. The molecule has 144 valence electrons. The molecule has 0 unspecified atom stereocenters. The van der Waals surface area contributed by atoms with Crippen LogP contribution in [0.1, 0.15) is 24.1 Å². The summed E-state index contributed by atoms with van der Waals surface area (Å²) >= 11 is 1.50. The van der Waals surface area contributed by atoms with E-state index < -0.39 is 0 Å². The first-order chi connectivity index (χ1) is 12.6. The number of anilines is 1. The number of aryl methyl sites for hydroxylation is 2. The fourth-order valence-corrected chi connectivity index (χ4v) is 3.39. The SMILES string of the molecule is CCN(CCc1c[nH]c(C)[n+]1C)c1ccc(N=Nc2nc(C)cs2)cc1.[Br-]. The van der Waals surface area contributed by atoms with E-state index in [0.717, 1.165) is 30.9 Å². The Morgan fingerprint density at radius 3 is 2.48 bits per heavy atom. The number of aromatic nitrogens is 3. The van der Waals surface area contributed by atoms with Crippen molar-refractivity contribution in [3.63, 3.8) is 0 Å². The third-order valence-electron chi connectivity index (χ3n) is 4.47. The van der Waals surface area contributed by atoms with Crippen molar-refractivity contribution < 1.29 is 21.5 Å². The van der Waals surface area contributed by atoms with Gasteiger partial charge in [0.1, 0.15) is 11.9 Å². The van der Waals surface area contributed by atoms with Gasteiger partial charge in [-0.3, -0.25) is 0 Å². The monoisotopic (exact) mass is 448 g/mol. The molecule has 0 bridgehead atoms. The molecule has 1 N–H and O–H groups in total. The Hall–Kier alpha value is -2.06. The Bertz CT molecular complexity index is 884. The first kappa shape index (κ1) is 21.2. The van der Waals surface area contributed by atoms with Crippen molar-refractivity contribution in [1.29, 1.82) is 0 Å². The second-order valence-corrected chi connectivity index (χ2v) is 7.08. The number of rotatable bonds is 7. The summed E-state index contributed by atoms with van der Waals surface area (Å²) in [6, 6.07) is 8.21. The highest BCUT2D eigenvalue weighted by atomic mass is 79.9. The number of imidazole rings is 1. The molecular formula is C19H25BrN6S. The summed E-state index contributed by atoms with van der Waals surface area (Å²) in [6.07, 6.45) is 3.09. The average Bonchev–Trinajstić information content (AvgIpc) is 3.21. The molecule has 0 aliphatic rings. The summed E-state index contributed by atoms with van der Waals surface area (Å²) in [7, 11) is 2.10. The number of H-pyrrole nitrogens is 1. The number of hydrogen-bond acceptors (Lipinski definition) is 5. The van der Waals surface area contributed by atoms with Crippen LogP contribution >= 0.6 is 11.3 Å². The Kier molecular flexibility index (Phi) is 7.67. The van der Waals surface area contributed by atoms with Crippen molar-refractivity contribution >= 4 is 27.8 Å². The van der Waals surface area contributed by atoms with Gasteiger partial charge < -0.3 is 21.9 Å². The first-order valence-corrected chi connectivity index (χ1v) is 9.66. The molecule has 1 aromatic carbocycles. The summed E-state index contributed by atoms with van der Waals surface area (Å²) < 4.78 is 2.21. The zero-order valence-corrected chi connectivity index (χ0v) is 18.5. The van der Waals surface area contributed by atoms with Gasteiger partial charge in [0.25, 0.3) is 5.82 Å². The van der Waals surface area contributed by atoms with Gasteiger partial charge in [0.15, 0.2) is 0 Å². The number of benzene rings is 1. The van der Waals surface area contributed by atoms with Crippen LogP contribution in [-0.2, 0) is 13.5 Å². The van der Waals surface area contributed by atoms with E-state index in [1.54, 1.807) is 0 Å². The van der Waals surface area contributed by atoms with Gasteiger partial charge in [-0.2, -0.15) is 0 Å². The highest BCUT2D eigenvalue weighted by Gasteiger charge is 2.12. The van der Waals surface area contributed by atoms with E-state index in [4.69, 9.17) is 0 Å². The van der Waals surface area contributed by atoms with E-state index >= 15 is 0 Å². The summed E-state index contributed by atoms with van der Waals surface area (Å²) in [5, 5.41) is 11.1. The molecule has 0 spiro atoms. The molecule has 0 atom stereocenters. The number of halogens is 1. The van der Waals surface area contributed by atoms with Crippen LogP contribution in [-0.4, -0.2) is 23.1 Å². The maximum absolute atomic E-state index is 4.29. The van der Waals surface area contributed by atoms with Gasteiger partial charge in [-0.25, -0.2) is 14.5 Å². The zero-order valence-electron chi connectivity index (χ0n) is 16.1. The average molecular weight is 449 g/mol. The number of azo groups is 1. The van der Waals surface area contributed by atoms with E-state index in [2.05, 4.69) is 68.9 Å². The van der Waals surface area contributed by atoms with Crippen molar-refractivity contribution in [2.24, 2.45) is 17.3 Å². The topological polar surface area (TPSA) is 60.5 Å². The van der Waals surface area contributed by atoms with Crippen LogP contribution in [0.3, 0.4) is 0 Å². The molecule has 0 amide bonds. The first-order valence-electron chi connectivity index (χ1n) is 8.78. The predicted molar refractivity (Wildman–Crippen MR) is 106 cm³/mol. The minimum atomic E-state index is 0. The molecule has 2 heterocycles. The lowest BCUT2D eigenvalue weighted by Gasteiger charge is -2.22. The highest BCUT2D eigenvalue weighted by molar-refractivity contribution is 7.13. The molecule has 0 fully saturated rings. The predicted octanol–water partition coefficient (Wildman–Crippen LogP) is 1.40. The molecule has 0 aliphatic carbocycles. The third-order valence-corrected chi connectivity index (χ3v) is 5.32. The number of likely N-dealkylation sites (N-methyl/N-ethyl adjacent to an activating group) is 1. The Balaban J connectivity index is 0.00000261. The van der Waals surface area contributed by atoms with Crippen LogP contribution in [0.5, 0.6) is 0 Å². The number of hydrogen-bond donors (Lipinski definition) is 1. The van der Waals surface area contributed by atoms with Crippen LogP contribution in [0.15, 0.2) is 46.1 Å². The van der Waals surface area contributed by atoms with Crippen molar-refractivity contribution in [2.45, 2.75) is 27.2 Å². The van der Waals surface area contributed by atoms with E-state index in [1.807, 2.05) is 24.4 Å². The van der Waals surface area contributed by atoms with E-state index in [1.165, 1.54) is 28.5 Å². The van der Waals surface area contributed by atoms with E-state index in [0.29, 0.717) is 5.13 Å². The van der Waals surface area contributed by atoms with E-state index in [9.17, 15) is 0 Å². The fraction of sp³-hybridized carbons (Fsp3) is 0.368. The lowest BCUT2D eigenvalue weighted by atomic mass is 10.2. The maximum Gasteiger partial charge on any atom is 0.251 e. The molecule has 8 heteroatoms. The largest absolute Gasteiger partial charge is 1.00 e. The van der Waals surface area contributed by atoms with Gasteiger partial charge in [0, 0.05) is 37.5 Å². The Morgan fingerprint density at radius 1 is 1.19 bits per heavy atom. The molecule has 27 heavy (non-hydrogen) atoms. The van der Waals surface area contributed by atoms with Gasteiger partial charge in [0.05, 0.1) is 18.4 Å². The smallest absolute Gasteiger partial charge is 0.251 e. The van der Waals surface area contributed by atoms with Crippen molar-refractivity contribution in [3.8, 4) is 0 Å². The molecule has 0 saturated heterocycles. The molecular weight excluding hydrogens is 424 g/mol. The summed E-state index contributed by atoms with van der Waals surface area (Å²) in [6.45, 7) is 8.16. The van der Waals surface area contributed by atoms with Crippen molar-refractivity contribution in [1.82, 2.24) is 9.97 Å². The van der Waals surface area contributed by atoms with E-state index in [-0.39, 0.29) is 17.0 Å². The number of aromatic amines is 1. The number of nitrogens with zero attached hydrogens (tertiary/aromatic N) is 5. The van der Waals surface area contributed by atoms with Gasteiger partial charge >= 0.3 is 0 Å². The normalized spacial score (nSPS) is 11.0. The van der Waals surface area contributed by atoms with Crippen LogP contribution in [0.25, 0.3) is 0 Å². The molecule has 6 nitrogen and oxygen atoms in total. The lowest BCUT2D eigenvalue weighted by Crippen LogP contribution is -3.00. The zero-order chi connectivity index (χ0) is 18.5. The van der Waals surface area contributed by atoms with Crippen molar-refractivity contribution in [2.75, 3.05) is 18.0 Å². The Morgan fingerprint density at radius 2 is 1.93 bits per heavy atom. The fourth-order valence-electron chi connectivity index (χ4n) is 2.77. The van der Waals surface area contributed by atoms with Gasteiger partial charge in [0.2, 0.25) is 5.13 Å². The third kappa shape index (κ3) is 5.46. The highest BCUT2D eigenvalue weighted by Crippen LogP contribution is 2.24. The molecule has 3 rings (SSSR count). The summed E-state index contributed by atoms with van der Waals surface area (Å²) in [5.74, 6) is 1.17. The second kappa shape index (κ2) is 9.75. The van der Waals surface area contributed by atoms with Gasteiger partial charge in [-0.1, -0.05) is 0 Å². The Labute approximate surface area is 174 Å². The van der Waals surface area contributed by atoms with Crippen molar-refractivity contribution in [3.05, 3.63) is 53.1 Å². The summed E-state index contributed by atoms with van der Waals surface area (Å²) in [4.78, 5) is 9.93. The minimum Gasteiger partial charge on any atom is -1.00 e. The molecule has 0 saturated carbocycles. The summed E-state index contributed by atoms with van der Waals surface area (Å²) in [5.41, 5.74) is 4.32. The van der Waals surface area contributed by atoms with Crippen LogP contribution < -0.4 is 26.4 Å². The molecule has 0 radical (unpaired) electrons. The minimum absolute atomic E-state index is 0. The van der Waals surface area contributed by atoms with Crippen LogP contribution in [0, 0.1) is 13.8 Å². The number of nitrogens with one attached hydrogen (secondary N) is 1. The molecule has 3 aromatic rings. The quantitative estimate of drug-likeness (QED) is 0.438. The standard InChI is InChI=1S/C19H24N6S.BrH/c1-5-25(11-10-18-12-20-15(3)24(18)4)17-8-6-16(7-9-17)22-23-19-21-14(2)13-26-19;/h6-9,12-13H,5,10-11H2,1-4H3;1H. The van der Waals surface area contributed by atoms with Crippen LogP contribution in [0.2, 0.25) is 0 Å². The van der Waals surface area contributed by atoms with Gasteiger partial charge in [-0.05, 0) is 38.1 Å². The van der Waals surface area contributed by atoms with Crippen LogP contribution in [0.4, 0.5) is 16.5 Å². The molecule has 0 aliphatic heterocycles. The second-order valence-electron chi connectivity index (χ2n) is 6.24.